The Bertz CT molecular complexity index is 805. The van der Waals surface area contributed by atoms with E-state index in [2.05, 4.69) is 108 Å². The van der Waals surface area contributed by atoms with E-state index in [0.717, 1.165) is 12.1 Å². The summed E-state index contributed by atoms with van der Waals surface area (Å²) in [5.74, 6) is 0.416. The fourth-order valence-corrected chi connectivity index (χ4v) is 3.24. The molecule has 190 valence electrons. The lowest BCUT2D eigenvalue weighted by atomic mass is 9.82. The summed E-state index contributed by atoms with van der Waals surface area (Å²) in [5, 5.41) is 11.7. The standard InChI is InChI=1S/C13H26.C12H10S.C6H13NO/c1-8-13(6,7)10-9-11(2)12(3,4)5;1-3-7-11(8-4-1)13-12-9-5-2-6-10-12;1-5(4-7-3)6(2)8/h9H,8,10H2,1-7H3;1-10H;7-8H,4H2,1-3H3/b11-9+;;6-5-. The van der Waals surface area contributed by atoms with Crippen molar-refractivity contribution in [3.63, 3.8) is 0 Å². The van der Waals surface area contributed by atoms with E-state index >= 15 is 0 Å². The molecule has 0 unspecified atom stereocenters. The third-order valence-corrected chi connectivity index (χ3v) is 6.90. The Morgan fingerprint density at radius 3 is 1.59 bits per heavy atom. The van der Waals surface area contributed by atoms with Gasteiger partial charge in [-0.1, -0.05) is 108 Å². The van der Waals surface area contributed by atoms with Crippen molar-refractivity contribution in [2.45, 2.75) is 84.9 Å². The number of hydrogen-bond donors (Lipinski definition) is 2. The summed E-state index contributed by atoms with van der Waals surface area (Å²) >= 11 is 1.79. The van der Waals surface area contributed by atoms with Gasteiger partial charge in [0.2, 0.25) is 0 Å². The SMILES string of the molecule is CCC(C)(C)C/C=C(\C)C(C)(C)C.CNC/C(C)=C(/C)O.c1ccc(Sc2ccccc2)cc1. The van der Waals surface area contributed by atoms with Gasteiger partial charge in [0.25, 0.3) is 0 Å². The van der Waals surface area contributed by atoms with E-state index in [4.69, 9.17) is 5.11 Å². The minimum Gasteiger partial charge on any atom is -0.513 e. The summed E-state index contributed by atoms with van der Waals surface area (Å²) in [6.07, 6.45) is 4.86. The van der Waals surface area contributed by atoms with Gasteiger partial charge < -0.3 is 10.4 Å². The largest absolute Gasteiger partial charge is 0.513 e. The van der Waals surface area contributed by atoms with Gasteiger partial charge in [-0.15, -0.1) is 0 Å². The van der Waals surface area contributed by atoms with Crippen LogP contribution < -0.4 is 5.32 Å². The average Bonchev–Trinajstić information content (AvgIpc) is 2.79. The van der Waals surface area contributed by atoms with E-state index in [0.29, 0.717) is 16.6 Å². The molecule has 0 aliphatic carbocycles. The molecule has 3 heteroatoms. The number of likely N-dealkylation sites (N-methyl/N-ethyl adjacent to an activating group) is 1. The van der Waals surface area contributed by atoms with Gasteiger partial charge in [0.15, 0.2) is 0 Å². The van der Waals surface area contributed by atoms with Crippen molar-refractivity contribution in [2.24, 2.45) is 10.8 Å². The van der Waals surface area contributed by atoms with Gasteiger partial charge >= 0.3 is 0 Å². The Morgan fingerprint density at radius 1 is 0.853 bits per heavy atom. The Morgan fingerprint density at radius 2 is 1.29 bits per heavy atom. The van der Waals surface area contributed by atoms with Crippen molar-refractivity contribution in [1.82, 2.24) is 5.32 Å². The number of benzene rings is 2. The van der Waals surface area contributed by atoms with Crippen LogP contribution >= 0.6 is 11.8 Å². The maximum atomic E-state index is 8.79. The van der Waals surface area contributed by atoms with Gasteiger partial charge in [0.1, 0.15) is 0 Å². The van der Waals surface area contributed by atoms with Gasteiger partial charge in [-0.25, -0.2) is 0 Å². The smallest absolute Gasteiger partial charge is 0.0893 e. The normalized spacial score (nSPS) is 12.6. The first-order valence-corrected chi connectivity index (χ1v) is 13.1. The van der Waals surface area contributed by atoms with E-state index in [1.54, 1.807) is 18.7 Å². The van der Waals surface area contributed by atoms with Crippen LogP contribution in [-0.4, -0.2) is 18.7 Å². The predicted molar refractivity (Wildman–Crippen MR) is 154 cm³/mol. The van der Waals surface area contributed by atoms with Gasteiger partial charge in [-0.2, -0.15) is 0 Å². The molecule has 0 aliphatic rings. The fraction of sp³-hybridized carbons (Fsp3) is 0.484. The molecule has 0 spiro atoms. The van der Waals surface area contributed by atoms with E-state index < -0.39 is 0 Å². The van der Waals surface area contributed by atoms with Crippen molar-refractivity contribution in [3.05, 3.63) is 83.6 Å². The zero-order valence-electron chi connectivity index (χ0n) is 23.3. The molecular formula is C31H49NOS. The molecule has 0 bridgehead atoms. The summed E-state index contributed by atoms with van der Waals surface area (Å²) in [4.78, 5) is 2.57. The topological polar surface area (TPSA) is 32.3 Å². The van der Waals surface area contributed by atoms with Crippen molar-refractivity contribution in [1.29, 1.82) is 0 Å². The molecule has 2 aromatic rings. The van der Waals surface area contributed by atoms with Gasteiger partial charge in [-0.3, -0.25) is 0 Å². The van der Waals surface area contributed by atoms with Crippen LogP contribution in [0, 0.1) is 10.8 Å². The summed E-state index contributed by atoms with van der Waals surface area (Å²) in [6.45, 7) is 20.3. The zero-order chi connectivity index (χ0) is 26.2. The summed E-state index contributed by atoms with van der Waals surface area (Å²) in [6, 6.07) is 20.8. The van der Waals surface area contributed by atoms with Crippen molar-refractivity contribution in [2.75, 3.05) is 13.6 Å². The number of rotatable bonds is 7. The summed E-state index contributed by atoms with van der Waals surface area (Å²) in [7, 11) is 1.85. The second-order valence-corrected chi connectivity index (χ2v) is 11.6. The highest BCUT2D eigenvalue weighted by Gasteiger charge is 2.16. The molecule has 0 amide bonds. The van der Waals surface area contributed by atoms with Crippen molar-refractivity contribution >= 4 is 11.8 Å². The Labute approximate surface area is 215 Å². The van der Waals surface area contributed by atoms with Crippen LogP contribution in [0.1, 0.15) is 75.2 Å². The molecule has 2 nitrogen and oxygen atoms in total. The minimum atomic E-state index is 0.337. The van der Waals surface area contributed by atoms with E-state index in [1.807, 2.05) is 26.1 Å². The number of hydrogen-bond acceptors (Lipinski definition) is 3. The molecule has 2 N–H and O–H groups in total. The van der Waals surface area contributed by atoms with E-state index in [-0.39, 0.29) is 0 Å². The van der Waals surface area contributed by atoms with Crippen LogP contribution in [0.2, 0.25) is 0 Å². The molecule has 0 radical (unpaired) electrons. The van der Waals surface area contributed by atoms with Crippen molar-refractivity contribution in [3.8, 4) is 0 Å². The van der Waals surface area contributed by atoms with Crippen LogP contribution in [0.3, 0.4) is 0 Å². The molecule has 0 aliphatic heterocycles. The van der Waals surface area contributed by atoms with Crippen LogP contribution in [0.15, 0.2) is 93.4 Å². The highest BCUT2D eigenvalue weighted by Crippen LogP contribution is 2.30. The first-order valence-electron chi connectivity index (χ1n) is 12.3. The maximum absolute atomic E-state index is 8.79. The van der Waals surface area contributed by atoms with Gasteiger partial charge in [0, 0.05) is 16.3 Å². The average molecular weight is 484 g/mol. The number of aliphatic hydroxyl groups is 1. The highest BCUT2D eigenvalue weighted by molar-refractivity contribution is 7.99. The second kappa shape index (κ2) is 16.6. The lowest BCUT2D eigenvalue weighted by molar-refractivity contribution is 0.353. The quantitative estimate of drug-likeness (QED) is 0.303. The summed E-state index contributed by atoms with van der Waals surface area (Å²) in [5.41, 5.74) is 3.30. The highest BCUT2D eigenvalue weighted by atomic mass is 32.2. The van der Waals surface area contributed by atoms with E-state index in [9.17, 15) is 0 Å². The summed E-state index contributed by atoms with van der Waals surface area (Å²) < 4.78 is 0. The number of aliphatic hydroxyl groups excluding tert-OH is 1. The third-order valence-electron chi connectivity index (χ3n) is 5.88. The Hall–Kier alpha value is -1.97. The molecule has 2 aromatic carbocycles. The van der Waals surface area contributed by atoms with E-state index in [1.165, 1.54) is 28.2 Å². The maximum Gasteiger partial charge on any atom is 0.0893 e. The molecule has 0 aromatic heterocycles. The van der Waals surface area contributed by atoms with Crippen LogP contribution in [0.25, 0.3) is 0 Å². The second-order valence-electron chi connectivity index (χ2n) is 10.5. The van der Waals surface area contributed by atoms with Crippen LogP contribution in [-0.2, 0) is 0 Å². The zero-order valence-corrected chi connectivity index (χ0v) is 24.1. The third kappa shape index (κ3) is 15.8. The molecule has 0 saturated carbocycles. The van der Waals surface area contributed by atoms with Gasteiger partial charge in [-0.05, 0) is 74.9 Å². The first kappa shape index (κ1) is 32.0. The lowest BCUT2D eigenvalue weighted by Gasteiger charge is -2.24. The predicted octanol–water partition coefficient (Wildman–Crippen LogP) is 9.70. The number of allylic oxidation sites excluding steroid dienone is 3. The van der Waals surface area contributed by atoms with Gasteiger partial charge in [0.05, 0.1) is 5.76 Å². The fourth-order valence-electron chi connectivity index (χ4n) is 2.39. The Kier molecular flexibility index (Phi) is 15.7. The first-order chi connectivity index (χ1) is 15.8. The number of nitrogens with one attached hydrogen (secondary N) is 1. The van der Waals surface area contributed by atoms with Crippen LogP contribution in [0.5, 0.6) is 0 Å². The monoisotopic (exact) mass is 483 g/mol. The lowest BCUT2D eigenvalue weighted by Crippen LogP contribution is -2.11. The molecule has 2 rings (SSSR count). The molecule has 0 atom stereocenters. The Balaban J connectivity index is 0.000000497. The molecule has 34 heavy (non-hydrogen) atoms. The van der Waals surface area contributed by atoms with Crippen LogP contribution in [0.4, 0.5) is 0 Å². The molecule has 0 heterocycles. The van der Waals surface area contributed by atoms with Crippen molar-refractivity contribution < 1.29 is 5.11 Å². The molecular weight excluding hydrogens is 434 g/mol. The minimum absolute atomic E-state index is 0.337. The molecule has 0 fully saturated rings. The molecule has 0 saturated heterocycles.